The van der Waals surface area contributed by atoms with E-state index in [1.54, 1.807) is 6.20 Å². The number of halogens is 2. The van der Waals surface area contributed by atoms with E-state index < -0.39 is 0 Å². The van der Waals surface area contributed by atoms with Crippen molar-refractivity contribution in [3.8, 4) is 0 Å². The van der Waals surface area contributed by atoms with Gasteiger partial charge in [-0.15, -0.1) is 24.0 Å². The molecule has 0 spiro atoms. The number of aliphatic imine (C=N–C) groups is 1. The molecule has 8 heteroatoms. The number of aromatic nitrogens is 1. The zero-order valence-corrected chi connectivity index (χ0v) is 18.5. The largest absolute Gasteiger partial charge is 0.356 e. The minimum Gasteiger partial charge on any atom is -0.356 e. The average Bonchev–Trinajstić information content (AvgIpc) is 3.30. The van der Waals surface area contributed by atoms with E-state index in [0.717, 1.165) is 44.3 Å². The van der Waals surface area contributed by atoms with Crippen LogP contribution in [0.2, 0.25) is 5.02 Å². The molecule has 1 aromatic rings. The van der Waals surface area contributed by atoms with Crippen molar-refractivity contribution in [3.63, 3.8) is 0 Å². The third-order valence-electron chi connectivity index (χ3n) is 4.93. The highest BCUT2D eigenvalue weighted by molar-refractivity contribution is 14.0. The second kappa shape index (κ2) is 11.1. The first-order valence-corrected chi connectivity index (χ1v) is 9.69. The van der Waals surface area contributed by atoms with Gasteiger partial charge in [0.15, 0.2) is 5.96 Å². The number of hydrogen-bond acceptors (Lipinski definition) is 4. The van der Waals surface area contributed by atoms with Crippen LogP contribution in [-0.4, -0.2) is 68.2 Å². The zero-order valence-electron chi connectivity index (χ0n) is 15.5. The number of pyridine rings is 1. The normalized spacial score (nSPS) is 20.9. The molecule has 6 nitrogen and oxygen atoms in total. The molecule has 0 radical (unpaired) electrons. The number of nitrogens with one attached hydrogen (secondary N) is 2. The van der Waals surface area contributed by atoms with Crippen LogP contribution in [0.5, 0.6) is 0 Å². The lowest BCUT2D eigenvalue weighted by atomic mass is 10.3. The summed E-state index contributed by atoms with van der Waals surface area (Å²) >= 11 is 6.26. The summed E-state index contributed by atoms with van der Waals surface area (Å²) in [4.78, 5) is 13.5. The summed E-state index contributed by atoms with van der Waals surface area (Å²) in [6.45, 7) is 6.52. The molecule has 2 saturated heterocycles. The number of anilines is 1. The van der Waals surface area contributed by atoms with Crippen molar-refractivity contribution in [3.05, 3.63) is 23.4 Å². The van der Waals surface area contributed by atoms with Gasteiger partial charge in [0.2, 0.25) is 0 Å². The standard InChI is InChI=1S/C18H29ClN6.HI/c1-20-18(22-9-5-12-24-10-2-3-11-24)23-15-7-13-25(14-15)17-16(19)6-4-8-21-17;/h4,6,8,15H,2-3,5,7,9-14H2,1H3,(H2,20,22,23);1H. The molecule has 0 bridgehead atoms. The molecule has 1 unspecified atom stereocenters. The van der Waals surface area contributed by atoms with Crippen molar-refractivity contribution in [2.45, 2.75) is 31.7 Å². The van der Waals surface area contributed by atoms with Crippen LogP contribution in [0.3, 0.4) is 0 Å². The topological polar surface area (TPSA) is 55.8 Å². The Morgan fingerprint density at radius 3 is 2.88 bits per heavy atom. The van der Waals surface area contributed by atoms with E-state index in [-0.39, 0.29) is 24.0 Å². The lowest BCUT2D eigenvalue weighted by Crippen LogP contribution is -2.45. The number of likely N-dealkylation sites (tertiary alicyclic amines) is 1. The summed E-state index contributed by atoms with van der Waals surface area (Å²) in [7, 11) is 1.83. The Labute approximate surface area is 178 Å². The van der Waals surface area contributed by atoms with Crippen LogP contribution in [0, 0.1) is 0 Å². The second-order valence-corrected chi connectivity index (χ2v) is 7.19. The third kappa shape index (κ3) is 6.13. The lowest BCUT2D eigenvalue weighted by Gasteiger charge is -2.20. The minimum absolute atomic E-state index is 0. The summed E-state index contributed by atoms with van der Waals surface area (Å²) in [5, 5.41) is 7.68. The van der Waals surface area contributed by atoms with Gasteiger partial charge in [0.05, 0.1) is 5.02 Å². The highest BCUT2D eigenvalue weighted by atomic mass is 127. The van der Waals surface area contributed by atoms with Gasteiger partial charge in [-0.3, -0.25) is 4.99 Å². The Kier molecular flexibility index (Phi) is 9.21. The van der Waals surface area contributed by atoms with Gasteiger partial charge in [0.25, 0.3) is 0 Å². The van der Waals surface area contributed by atoms with Crippen LogP contribution >= 0.6 is 35.6 Å². The minimum atomic E-state index is 0. The number of guanidine groups is 1. The Morgan fingerprint density at radius 1 is 1.35 bits per heavy atom. The van der Waals surface area contributed by atoms with Gasteiger partial charge < -0.3 is 20.4 Å². The smallest absolute Gasteiger partial charge is 0.191 e. The van der Waals surface area contributed by atoms with Gasteiger partial charge in [-0.05, 0) is 57.5 Å². The SMILES string of the molecule is CN=C(NCCCN1CCCC1)NC1CCN(c2ncccc2Cl)C1.I. The molecular formula is C18H30ClIN6. The molecule has 0 aromatic carbocycles. The Bertz CT molecular complexity index is 579. The summed E-state index contributed by atoms with van der Waals surface area (Å²) in [5.41, 5.74) is 0. The molecule has 2 aliphatic rings. The average molecular weight is 493 g/mol. The van der Waals surface area contributed by atoms with Crippen LogP contribution in [-0.2, 0) is 0 Å². The maximum absolute atomic E-state index is 6.26. The molecule has 2 fully saturated rings. The predicted molar refractivity (Wildman–Crippen MR) is 120 cm³/mol. The molecule has 0 aliphatic carbocycles. The van der Waals surface area contributed by atoms with E-state index in [4.69, 9.17) is 11.6 Å². The van der Waals surface area contributed by atoms with E-state index in [9.17, 15) is 0 Å². The zero-order chi connectivity index (χ0) is 17.5. The maximum Gasteiger partial charge on any atom is 0.191 e. The summed E-state index contributed by atoms with van der Waals surface area (Å²) in [5.74, 6) is 1.77. The molecule has 2 N–H and O–H groups in total. The fourth-order valence-corrected chi connectivity index (χ4v) is 3.83. The quantitative estimate of drug-likeness (QED) is 0.277. The predicted octanol–water partition coefficient (Wildman–Crippen LogP) is 2.58. The number of rotatable bonds is 6. The second-order valence-electron chi connectivity index (χ2n) is 6.79. The lowest BCUT2D eigenvalue weighted by molar-refractivity contribution is 0.334. The number of hydrogen-bond donors (Lipinski definition) is 2. The first-order valence-electron chi connectivity index (χ1n) is 9.31. The molecule has 26 heavy (non-hydrogen) atoms. The monoisotopic (exact) mass is 492 g/mol. The van der Waals surface area contributed by atoms with Crippen molar-refractivity contribution in [2.24, 2.45) is 4.99 Å². The Morgan fingerprint density at radius 2 is 2.15 bits per heavy atom. The van der Waals surface area contributed by atoms with Crippen LogP contribution < -0.4 is 15.5 Å². The van der Waals surface area contributed by atoms with Gasteiger partial charge in [0.1, 0.15) is 5.82 Å². The molecule has 146 valence electrons. The summed E-state index contributed by atoms with van der Waals surface area (Å²) in [6, 6.07) is 4.12. The van der Waals surface area contributed by atoms with Crippen molar-refractivity contribution in [2.75, 3.05) is 51.2 Å². The highest BCUT2D eigenvalue weighted by Gasteiger charge is 2.25. The number of nitrogens with zero attached hydrogens (tertiary/aromatic N) is 4. The van der Waals surface area contributed by atoms with Gasteiger partial charge in [-0.2, -0.15) is 0 Å². The van der Waals surface area contributed by atoms with Crippen LogP contribution in [0.1, 0.15) is 25.7 Å². The Hall–Kier alpha value is -0.800. The summed E-state index contributed by atoms with van der Waals surface area (Å²) < 4.78 is 0. The van der Waals surface area contributed by atoms with Crippen LogP contribution in [0.4, 0.5) is 5.82 Å². The van der Waals surface area contributed by atoms with Gasteiger partial charge >= 0.3 is 0 Å². The molecular weight excluding hydrogens is 463 g/mol. The van der Waals surface area contributed by atoms with Crippen molar-refractivity contribution in [1.82, 2.24) is 20.5 Å². The first-order chi connectivity index (χ1) is 12.3. The van der Waals surface area contributed by atoms with Gasteiger partial charge in [-0.25, -0.2) is 4.98 Å². The van der Waals surface area contributed by atoms with Crippen LogP contribution in [0.25, 0.3) is 0 Å². The fraction of sp³-hybridized carbons (Fsp3) is 0.667. The molecule has 0 amide bonds. The third-order valence-corrected chi connectivity index (χ3v) is 5.23. The van der Waals surface area contributed by atoms with E-state index in [2.05, 4.69) is 30.4 Å². The summed E-state index contributed by atoms with van der Waals surface area (Å²) in [6.07, 6.45) is 6.72. The molecule has 1 atom stereocenters. The van der Waals surface area contributed by atoms with E-state index >= 15 is 0 Å². The molecule has 3 rings (SSSR count). The van der Waals surface area contributed by atoms with Crippen molar-refractivity contribution < 1.29 is 0 Å². The fourth-order valence-electron chi connectivity index (χ4n) is 3.58. The van der Waals surface area contributed by atoms with E-state index in [1.807, 2.05) is 19.2 Å². The maximum atomic E-state index is 6.26. The first kappa shape index (κ1) is 21.5. The molecule has 3 heterocycles. The highest BCUT2D eigenvalue weighted by Crippen LogP contribution is 2.25. The van der Waals surface area contributed by atoms with E-state index in [0.29, 0.717) is 11.1 Å². The van der Waals surface area contributed by atoms with Crippen molar-refractivity contribution >= 4 is 47.4 Å². The molecule has 0 saturated carbocycles. The Balaban J connectivity index is 0.00000243. The van der Waals surface area contributed by atoms with Crippen LogP contribution in [0.15, 0.2) is 23.3 Å². The van der Waals surface area contributed by atoms with E-state index in [1.165, 1.54) is 32.5 Å². The molecule has 2 aliphatic heterocycles. The van der Waals surface area contributed by atoms with Gasteiger partial charge in [-0.1, -0.05) is 11.6 Å². The molecule has 1 aromatic heterocycles. The van der Waals surface area contributed by atoms with Crippen molar-refractivity contribution in [1.29, 1.82) is 0 Å². The van der Waals surface area contributed by atoms with Gasteiger partial charge in [0, 0.05) is 38.9 Å².